The first kappa shape index (κ1) is 8.87. The van der Waals surface area contributed by atoms with Crippen LogP contribution in [-0.2, 0) is 4.79 Å². The van der Waals surface area contributed by atoms with E-state index in [2.05, 4.69) is 10.6 Å². The zero-order valence-electron chi connectivity index (χ0n) is 6.72. The second kappa shape index (κ2) is 4.62. The zero-order chi connectivity index (χ0) is 8.10. The molecule has 11 heavy (non-hydrogen) atoms. The highest BCUT2D eigenvalue weighted by molar-refractivity contribution is 8.00. The van der Waals surface area contributed by atoms with Crippen LogP contribution in [0.2, 0.25) is 0 Å². The lowest BCUT2D eigenvalue weighted by atomic mass is 10.4. The highest BCUT2D eigenvalue weighted by Crippen LogP contribution is 2.13. The Morgan fingerprint density at radius 2 is 2.64 bits per heavy atom. The van der Waals surface area contributed by atoms with E-state index in [0.717, 1.165) is 18.8 Å². The van der Waals surface area contributed by atoms with Crippen molar-refractivity contribution < 1.29 is 4.79 Å². The van der Waals surface area contributed by atoms with Crippen molar-refractivity contribution in [3.8, 4) is 0 Å². The molecule has 4 heteroatoms. The summed E-state index contributed by atoms with van der Waals surface area (Å²) in [5, 5.41) is 5.94. The summed E-state index contributed by atoms with van der Waals surface area (Å²) in [4.78, 5) is 11.2. The summed E-state index contributed by atoms with van der Waals surface area (Å²) >= 11 is 1.69. The van der Waals surface area contributed by atoms with E-state index in [1.165, 1.54) is 6.42 Å². The van der Waals surface area contributed by atoms with Gasteiger partial charge in [0.05, 0.1) is 0 Å². The van der Waals surface area contributed by atoms with Crippen LogP contribution in [0.3, 0.4) is 0 Å². The van der Waals surface area contributed by atoms with Crippen LogP contribution in [-0.4, -0.2) is 30.1 Å². The van der Waals surface area contributed by atoms with Crippen LogP contribution in [0.15, 0.2) is 0 Å². The average molecular weight is 174 g/mol. The maximum absolute atomic E-state index is 11.2. The molecule has 1 saturated heterocycles. The molecule has 0 aliphatic carbocycles. The molecule has 0 spiro atoms. The molecule has 2 N–H and O–H groups in total. The third-order valence-electron chi connectivity index (χ3n) is 1.52. The summed E-state index contributed by atoms with van der Waals surface area (Å²) in [5.41, 5.74) is 0. The van der Waals surface area contributed by atoms with Crippen LogP contribution in [0, 0.1) is 0 Å². The van der Waals surface area contributed by atoms with Crippen molar-refractivity contribution in [1.82, 2.24) is 10.6 Å². The molecule has 1 unspecified atom stereocenters. The van der Waals surface area contributed by atoms with E-state index in [9.17, 15) is 4.79 Å². The van der Waals surface area contributed by atoms with Gasteiger partial charge in [-0.2, -0.15) is 0 Å². The van der Waals surface area contributed by atoms with Gasteiger partial charge < -0.3 is 5.32 Å². The lowest BCUT2D eigenvalue weighted by molar-refractivity contribution is -0.121. The minimum Gasteiger partial charge on any atom is -0.354 e. The molecule has 64 valence electrons. The normalized spacial score (nSPS) is 24.6. The molecule has 3 nitrogen and oxygen atoms in total. The fraction of sp³-hybridized carbons (Fsp3) is 0.857. The molecule has 1 heterocycles. The predicted molar refractivity (Wildman–Crippen MR) is 47.5 cm³/mol. The van der Waals surface area contributed by atoms with Gasteiger partial charge in [-0.05, 0) is 25.6 Å². The summed E-state index contributed by atoms with van der Waals surface area (Å²) in [6, 6.07) is 0. The van der Waals surface area contributed by atoms with E-state index >= 15 is 0 Å². The molecule has 1 atom stereocenters. The Morgan fingerprint density at radius 3 is 3.18 bits per heavy atom. The fourth-order valence-electron chi connectivity index (χ4n) is 1.00. The third kappa shape index (κ3) is 2.71. The van der Waals surface area contributed by atoms with E-state index in [0.29, 0.717) is 0 Å². The molecule has 1 aliphatic rings. The van der Waals surface area contributed by atoms with Crippen molar-refractivity contribution in [3.05, 3.63) is 0 Å². The number of likely N-dealkylation sites (N-methyl/N-ethyl adjacent to an activating group) is 1. The van der Waals surface area contributed by atoms with Gasteiger partial charge in [0.15, 0.2) is 0 Å². The van der Waals surface area contributed by atoms with E-state index < -0.39 is 0 Å². The number of amides is 1. The molecule has 0 bridgehead atoms. The van der Waals surface area contributed by atoms with E-state index in [4.69, 9.17) is 0 Å². The standard InChI is InChI=1S/C7H14N2OS/c1-2-8-6(10)7-9-4-3-5-11-7/h7,9H,2-5H2,1H3,(H,8,10). The van der Waals surface area contributed by atoms with E-state index in [1.807, 2.05) is 6.92 Å². The van der Waals surface area contributed by atoms with Gasteiger partial charge in [-0.3, -0.25) is 10.1 Å². The molecular formula is C7H14N2OS. The number of thioether (sulfide) groups is 1. The van der Waals surface area contributed by atoms with Gasteiger partial charge in [0.2, 0.25) is 5.91 Å². The lowest BCUT2D eigenvalue weighted by Gasteiger charge is -2.21. The highest BCUT2D eigenvalue weighted by Gasteiger charge is 2.19. The largest absolute Gasteiger partial charge is 0.354 e. The Kier molecular flexibility index (Phi) is 3.72. The Morgan fingerprint density at radius 1 is 1.82 bits per heavy atom. The third-order valence-corrected chi connectivity index (χ3v) is 2.76. The summed E-state index contributed by atoms with van der Waals surface area (Å²) < 4.78 is 0. The molecule has 0 saturated carbocycles. The Balaban J connectivity index is 2.27. The van der Waals surface area contributed by atoms with Crippen molar-refractivity contribution in [2.75, 3.05) is 18.8 Å². The van der Waals surface area contributed by atoms with Crippen molar-refractivity contribution in [2.24, 2.45) is 0 Å². The van der Waals surface area contributed by atoms with Gasteiger partial charge in [-0.15, -0.1) is 11.8 Å². The Bertz CT molecular complexity index is 134. The molecular weight excluding hydrogens is 160 g/mol. The maximum Gasteiger partial charge on any atom is 0.247 e. The van der Waals surface area contributed by atoms with Gasteiger partial charge in [-0.1, -0.05) is 0 Å². The van der Waals surface area contributed by atoms with E-state index in [1.54, 1.807) is 11.8 Å². The molecule has 1 rings (SSSR count). The topological polar surface area (TPSA) is 41.1 Å². The number of nitrogens with one attached hydrogen (secondary N) is 2. The van der Waals surface area contributed by atoms with E-state index in [-0.39, 0.29) is 11.3 Å². The van der Waals surface area contributed by atoms with Gasteiger partial charge in [0, 0.05) is 6.54 Å². The van der Waals surface area contributed by atoms with Gasteiger partial charge in [-0.25, -0.2) is 0 Å². The number of hydrogen-bond donors (Lipinski definition) is 2. The molecule has 0 aromatic carbocycles. The molecule has 1 fully saturated rings. The zero-order valence-corrected chi connectivity index (χ0v) is 7.54. The average Bonchev–Trinajstić information content (AvgIpc) is 2.07. The van der Waals surface area contributed by atoms with Gasteiger partial charge >= 0.3 is 0 Å². The first-order chi connectivity index (χ1) is 5.34. The first-order valence-electron chi connectivity index (χ1n) is 3.97. The van der Waals surface area contributed by atoms with Crippen molar-refractivity contribution in [1.29, 1.82) is 0 Å². The lowest BCUT2D eigenvalue weighted by Crippen LogP contribution is -2.44. The minimum atomic E-state index is -0.0105. The number of rotatable bonds is 2. The van der Waals surface area contributed by atoms with Crippen LogP contribution in [0.5, 0.6) is 0 Å². The van der Waals surface area contributed by atoms with Crippen molar-refractivity contribution in [3.63, 3.8) is 0 Å². The SMILES string of the molecule is CCNC(=O)C1NCCCS1. The minimum absolute atomic E-state index is 0.0105. The smallest absolute Gasteiger partial charge is 0.247 e. The molecule has 1 amide bonds. The molecule has 1 aliphatic heterocycles. The summed E-state index contributed by atoms with van der Waals surface area (Å²) in [6.07, 6.45) is 1.17. The number of carbonyl (C=O) groups is 1. The second-order valence-corrected chi connectivity index (χ2v) is 3.67. The predicted octanol–water partition coefficient (Wildman–Crippen LogP) is 0.175. The van der Waals surface area contributed by atoms with Crippen LogP contribution in [0.1, 0.15) is 13.3 Å². The van der Waals surface area contributed by atoms with Crippen LogP contribution < -0.4 is 10.6 Å². The van der Waals surface area contributed by atoms with Gasteiger partial charge in [0.1, 0.15) is 5.37 Å². The molecule has 0 aromatic rings. The summed E-state index contributed by atoms with van der Waals surface area (Å²) in [7, 11) is 0. The van der Waals surface area contributed by atoms with Crippen LogP contribution >= 0.6 is 11.8 Å². The first-order valence-corrected chi connectivity index (χ1v) is 5.02. The monoisotopic (exact) mass is 174 g/mol. The number of hydrogen-bond acceptors (Lipinski definition) is 3. The Hall–Kier alpha value is -0.220. The second-order valence-electron chi connectivity index (χ2n) is 2.45. The quantitative estimate of drug-likeness (QED) is 0.627. The summed E-state index contributed by atoms with van der Waals surface area (Å²) in [5.74, 6) is 1.21. The van der Waals surface area contributed by atoms with Crippen molar-refractivity contribution >= 4 is 17.7 Å². The molecule has 0 radical (unpaired) electrons. The van der Waals surface area contributed by atoms with Crippen LogP contribution in [0.25, 0.3) is 0 Å². The Labute approximate surface area is 71.3 Å². The highest BCUT2D eigenvalue weighted by atomic mass is 32.2. The van der Waals surface area contributed by atoms with Crippen molar-refractivity contribution in [2.45, 2.75) is 18.7 Å². The molecule has 0 aromatic heterocycles. The fourth-order valence-corrected chi connectivity index (χ4v) is 2.02. The van der Waals surface area contributed by atoms with Crippen LogP contribution in [0.4, 0.5) is 0 Å². The number of carbonyl (C=O) groups excluding carboxylic acids is 1. The summed E-state index contributed by atoms with van der Waals surface area (Å²) in [6.45, 7) is 3.62. The maximum atomic E-state index is 11.2. The van der Waals surface area contributed by atoms with Gasteiger partial charge in [0.25, 0.3) is 0 Å².